The minimum absolute atomic E-state index is 0.0328. The lowest BCUT2D eigenvalue weighted by Gasteiger charge is -2.30. The average molecular weight is 297 g/mol. The number of nitrogens with zero attached hydrogens (tertiary/aromatic N) is 2. The Kier molecular flexibility index (Phi) is 3.64. The summed E-state index contributed by atoms with van der Waals surface area (Å²) in [6.07, 6.45) is 2.35. The number of ketones is 2. The highest BCUT2D eigenvalue weighted by molar-refractivity contribution is 6.16. The first kappa shape index (κ1) is 14.6. The molecular weight excluding hydrogens is 278 g/mol. The van der Waals surface area contributed by atoms with E-state index in [1.807, 2.05) is 38.1 Å². The fourth-order valence-corrected chi connectivity index (χ4v) is 2.90. The SMILES string of the molecule is CC1(C)CC(=O)C(C=NCc2nc3ccccc3[nH]2)C(=O)C1. The number of hydrogen-bond acceptors (Lipinski definition) is 4. The van der Waals surface area contributed by atoms with Gasteiger partial charge < -0.3 is 4.98 Å². The van der Waals surface area contributed by atoms with Crippen LogP contribution in [0.25, 0.3) is 11.0 Å². The number of imidazole rings is 1. The fraction of sp³-hybridized carbons (Fsp3) is 0.412. The van der Waals surface area contributed by atoms with Gasteiger partial charge >= 0.3 is 0 Å². The molecule has 0 spiro atoms. The Morgan fingerprint density at radius 3 is 2.64 bits per heavy atom. The third kappa shape index (κ3) is 2.98. The summed E-state index contributed by atoms with van der Waals surface area (Å²) in [5.74, 6) is -0.0184. The number of Topliss-reactive ketones (excluding diaryl/α,β-unsaturated/α-hetero) is 2. The van der Waals surface area contributed by atoms with Crippen LogP contribution in [0.3, 0.4) is 0 Å². The van der Waals surface area contributed by atoms with Crippen LogP contribution in [0.15, 0.2) is 29.3 Å². The molecule has 5 heteroatoms. The number of aromatic amines is 1. The van der Waals surface area contributed by atoms with Gasteiger partial charge in [0.05, 0.1) is 17.6 Å². The monoisotopic (exact) mass is 297 g/mol. The van der Waals surface area contributed by atoms with Gasteiger partial charge in [-0.3, -0.25) is 14.6 Å². The predicted octanol–water partition coefficient (Wildman–Crippen LogP) is 2.71. The molecule has 1 N–H and O–H groups in total. The number of aliphatic imine (C=N–C) groups is 1. The summed E-state index contributed by atoms with van der Waals surface area (Å²) in [7, 11) is 0. The number of rotatable bonds is 3. The van der Waals surface area contributed by atoms with Gasteiger partial charge in [0, 0.05) is 19.1 Å². The maximum absolute atomic E-state index is 12.1. The summed E-state index contributed by atoms with van der Waals surface area (Å²) >= 11 is 0. The molecule has 0 saturated heterocycles. The molecule has 0 unspecified atom stereocenters. The van der Waals surface area contributed by atoms with E-state index in [0.29, 0.717) is 19.4 Å². The number of fused-ring (bicyclic) bond motifs is 1. The lowest BCUT2D eigenvalue weighted by Crippen LogP contribution is -2.38. The highest BCUT2D eigenvalue weighted by Crippen LogP contribution is 2.33. The third-order valence-corrected chi connectivity index (χ3v) is 3.93. The minimum Gasteiger partial charge on any atom is -0.340 e. The summed E-state index contributed by atoms with van der Waals surface area (Å²) in [4.78, 5) is 36.0. The van der Waals surface area contributed by atoms with E-state index in [2.05, 4.69) is 15.0 Å². The van der Waals surface area contributed by atoms with Crippen molar-refractivity contribution in [3.05, 3.63) is 30.1 Å². The summed E-state index contributed by atoms with van der Waals surface area (Å²) in [6.45, 7) is 4.24. The number of carbonyl (C=O) groups is 2. The first-order valence-electron chi connectivity index (χ1n) is 7.44. The van der Waals surface area contributed by atoms with E-state index < -0.39 is 5.92 Å². The van der Waals surface area contributed by atoms with Gasteiger partial charge in [0.2, 0.25) is 0 Å². The normalized spacial score (nSPS) is 19.4. The van der Waals surface area contributed by atoms with E-state index >= 15 is 0 Å². The maximum Gasteiger partial charge on any atom is 0.149 e. The van der Waals surface area contributed by atoms with Gasteiger partial charge in [0.15, 0.2) is 0 Å². The molecule has 0 amide bonds. The smallest absolute Gasteiger partial charge is 0.149 e. The highest BCUT2D eigenvalue weighted by Gasteiger charge is 2.38. The molecule has 2 aromatic rings. The second-order valence-electron chi connectivity index (χ2n) is 6.62. The molecule has 114 valence electrons. The second-order valence-corrected chi connectivity index (χ2v) is 6.62. The van der Waals surface area contributed by atoms with Crippen molar-refractivity contribution >= 4 is 28.8 Å². The van der Waals surface area contributed by atoms with E-state index in [4.69, 9.17) is 0 Å². The lowest BCUT2D eigenvalue weighted by atomic mass is 9.72. The van der Waals surface area contributed by atoms with Gasteiger partial charge in [-0.1, -0.05) is 26.0 Å². The molecule has 1 aliphatic rings. The summed E-state index contributed by atoms with van der Waals surface area (Å²) in [5, 5.41) is 0. The number of benzene rings is 1. The lowest BCUT2D eigenvalue weighted by molar-refractivity contribution is -0.136. The molecule has 1 saturated carbocycles. The second kappa shape index (κ2) is 5.48. The first-order chi connectivity index (χ1) is 10.4. The molecule has 5 nitrogen and oxygen atoms in total. The van der Waals surface area contributed by atoms with Crippen LogP contribution in [0.4, 0.5) is 0 Å². The van der Waals surface area contributed by atoms with Crippen molar-refractivity contribution < 1.29 is 9.59 Å². The zero-order valence-electron chi connectivity index (χ0n) is 12.8. The third-order valence-electron chi connectivity index (χ3n) is 3.93. The molecule has 22 heavy (non-hydrogen) atoms. The molecule has 0 bridgehead atoms. The first-order valence-corrected chi connectivity index (χ1v) is 7.44. The van der Waals surface area contributed by atoms with Crippen LogP contribution in [0.1, 0.15) is 32.5 Å². The van der Waals surface area contributed by atoms with Crippen LogP contribution in [0.2, 0.25) is 0 Å². The van der Waals surface area contributed by atoms with Gasteiger partial charge in [-0.25, -0.2) is 4.98 Å². The molecule has 0 radical (unpaired) electrons. The fourth-order valence-electron chi connectivity index (χ4n) is 2.90. The van der Waals surface area contributed by atoms with Gasteiger partial charge in [-0.15, -0.1) is 0 Å². The van der Waals surface area contributed by atoms with E-state index in [-0.39, 0.29) is 17.0 Å². The molecule has 1 aromatic carbocycles. The number of carbonyl (C=O) groups excluding carboxylic acids is 2. The molecule has 1 fully saturated rings. The molecule has 0 aliphatic heterocycles. The zero-order chi connectivity index (χ0) is 15.7. The van der Waals surface area contributed by atoms with E-state index in [0.717, 1.165) is 16.9 Å². The maximum atomic E-state index is 12.1. The van der Waals surface area contributed by atoms with Crippen LogP contribution >= 0.6 is 0 Å². The Morgan fingerprint density at radius 2 is 1.95 bits per heavy atom. The van der Waals surface area contributed by atoms with Crippen molar-refractivity contribution in [3.8, 4) is 0 Å². The van der Waals surface area contributed by atoms with Crippen LogP contribution < -0.4 is 0 Å². The summed E-state index contributed by atoms with van der Waals surface area (Å²) < 4.78 is 0. The summed E-state index contributed by atoms with van der Waals surface area (Å²) in [5.41, 5.74) is 1.62. The number of nitrogens with one attached hydrogen (secondary N) is 1. The Morgan fingerprint density at radius 1 is 1.27 bits per heavy atom. The molecule has 3 rings (SSSR count). The van der Waals surface area contributed by atoms with Crippen LogP contribution in [-0.4, -0.2) is 27.7 Å². The number of aromatic nitrogens is 2. The van der Waals surface area contributed by atoms with Crippen LogP contribution in [0, 0.1) is 11.3 Å². The molecule has 0 atom stereocenters. The molecule has 1 aliphatic carbocycles. The Hall–Kier alpha value is -2.30. The van der Waals surface area contributed by atoms with Crippen molar-refractivity contribution in [1.29, 1.82) is 0 Å². The van der Waals surface area contributed by atoms with E-state index in [1.54, 1.807) is 0 Å². The quantitative estimate of drug-likeness (QED) is 0.699. The minimum atomic E-state index is -0.683. The van der Waals surface area contributed by atoms with E-state index in [1.165, 1.54) is 6.21 Å². The largest absolute Gasteiger partial charge is 0.340 e. The zero-order valence-corrected chi connectivity index (χ0v) is 12.8. The Balaban J connectivity index is 1.69. The highest BCUT2D eigenvalue weighted by atomic mass is 16.2. The molecule has 1 heterocycles. The van der Waals surface area contributed by atoms with Gasteiger partial charge in [-0.2, -0.15) is 0 Å². The molecular formula is C17H19N3O2. The Bertz CT molecular complexity index is 705. The van der Waals surface area contributed by atoms with Gasteiger partial charge in [0.25, 0.3) is 0 Å². The van der Waals surface area contributed by atoms with Crippen molar-refractivity contribution in [3.63, 3.8) is 0 Å². The number of H-pyrrole nitrogens is 1. The summed E-state index contributed by atoms with van der Waals surface area (Å²) in [6, 6.07) is 7.74. The van der Waals surface area contributed by atoms with Gasteiger partial charge in [-0.05, 0) is 17.5 Å². The number of hydrogen-bond donors (Lipinski definition) is 1. The molecule has 1 aromatic heterocycles. The van der Waals surface area contributed by atoms with Gasteiger partial charge in [0.1, 0.15) is 23.3 Å². The van der Waals surface area contributed by atoms with Crippen molar-refractivity contribution in [1.82, 2.24) is 9.97 Å². The van der Waals surface area contributed by atoms with E-state index in [9.17, 15) is 9.59 Å². The van der Waals surface area contributed by atoms with Crippen molar-refractivity contribution in [2.45, 2.75) is 33.2 Å². The van der Waals surface area contributed by atoms with Crippen molar-refractivity contribution in [2.75, 3.05) is 0 Å². The van der Waals surface area contributed by atoms with Crippen LogP contribution in [0.5, 0.6) is 0 Å². The Labute approximate surface area is 128 Å². The number of para-hydroxylation sites is 2. The topological polar surface area (TPSA) is 75.2 Å². The van der Waals surface area contributed by atoms with Crippen LogP contribution in [-0.2, 0) is 16.1 Å². The standard InChI is InChI=1S/C17H19N3O2/c1-17(2)7-14(21)11(15(22)8-17)9-18-10-16-19-12-5-3-4-6-13(12)20-16/h3-6,9,11H,7-8,10H2,1-2H3,(H,19,20). The average Bonchev–Trinajstić information content (AvgIpc) is 2.83. The predicted molar refractivity (Wildman–Crippen MR) is 84.8 cm³/mol. The van der Waals surface area contributed by atoms with Crippen molar-refractivity contribution in [2.24, 2.45) is 16.3 Å².